The highest BCUT2D eigenvalue weighted by atomic mass is 35.5. The van der Waals surface area contributed by atoms with Gasteiger partial charge < -0.3 is 4.74 Å². The van der Waals surface area contributed by atoms with Crippen LogP contribution in [0.25, 0.3) is 10.8 Å². The SMILES string of the molecule is O=C1OC(=O)c2cc3cc(Cl)ccc3cc21. The first-order chi connectivity index (χ1) is 7.65. The second-order valence-electron chi connectivity index (χ2n) is 3.57. The minimum atomic E-state index is -0.595. The first-order valence-electron chi connectivity index (χ1n) is 4.65. The molecule has 0 atom stereocenters. The Morgan fingerprint density at radius 1 is 0.875 bits per heavy atom. The fraction of sp³-hybridized carbons (Fsp3) is 0. The molecule has 0 saturated heterocycles. The fourth-order valence-electron chi connectivity index (χ4n) is 1.80. The summed E-state index contributed by atoms with van der Waals surface area (Å²) in [4.78, 5) is 22.6. The van der Waals surface area contributed by atoms with Crippen molar-refractivity contribution in [2.45, 2.75) is 0 Å². The molecule has 0 bridgehead atoms. The molecule has 1 heterocycles. The lowest BCUT2D eigenvalue weighted by molar-refractivity contribution is 0.0444. The highest BCUT2D eigenvalue weighted by Crippen LogP contribution is 2.27. The summed E-state index contributed by atoms with van der Waals surface area (Å²) in [6.45, 7) is 0. The number of hydrogen-bond acceptors (Lipinski definition) is 3. The van der Waals surface area contributed by atoms with E-state index < -0.39 is 11.9 Å². The van der Waals surface area contributed by atoms with Crippen molar-refractivity contribution in [3.63, 3.8) is 0 Å². The molecule has 0 aliphatic carbocycles. The molecule has 0 fully saturated rings. The van der Waals surface area contributed by atoms with Crippen molar-refractivity contribution in [3.8, 4) is 0 Å². The molecule has 0 amide bonds. The maximum atomic E-state index is 11.3. The molecule has 1 aliphatic rings. The van der Waals surface area contributed by atoms with Gasteiger partial charge in [-0.25, -0.2) is 9.59 Å². The van der Waals surface area contributed by atoms with Crippen LogP contribution in [0.2, 0.25) is 5.02 Å². The number of benzene rings is 2. The van der Waals surface area contributed by atoms with E-state index in [1.165, 1.54) is 0 Å². The molecule has 0 spiro atoms. The molecular weight excluding hydrogens is 228 g/mol. The van der Waals surface area contributed by atoms with Crippen LogP contribution in [0.1, 0.15) is 20.7 Å². The normalized spacial score (nSPS) is 14.1. The second kappa shape index (κ2) is 3.06. The van der Waals surface area contributed by atoms with Crippen LogP contribution in [-0.4, -0.2) is 11.9 Å². The third-order valence-corrected chi connectivity index (χ3v) is 2.80. The van der Waals surface area contributed by atoms with E-state index in [4.69, 9.17) is 11.6 Å². The summed E-state index contributed by atoms with van der Waals surface area (Å²) >= 11 is 5.85. The molecule has 2 aromatic carbocycles. The van der Waals surface area contributed by atoms with Gasteiger partial charge in [0, 0.05) is 5.02 Å². The van der Waals surface area contributed by atoms with Gasteiger partial charge in [0.1, 0.15) is 0 Å². The lowest BCUT2D eigenvalue weighted by atomic mass is 10.0. The van der Waals surface area contributed by atoms with Crippen LogP contribution in [0, 0.1) is 0 Å². The van der Waals surface area contributed by atoms with E-state index in [9.17, 15) is 9.59 Å². The maximum absolute atomic E-state index is 11.3. The molecule has 3 nitrogen and oxygen atoms in total. The highest BCUT2D eigenvalue weighted by molar-refractivity contribution is 6.31. The van der Waals surface area contributed by atoms with Crippen molar-refractivity contribution in [2.75, 3.05) is 0 Å². The molecule has 0 radical (unpaired) electrons. The summed E-state index contributed by atoms with van der Waals surface area (Å²) in [5.74, 6) is -1.18. The summed E-state index contributed by atoms with van der Waals surface area (Å²) in [5.41, 5.74) is 0.625. The number of rotatable bonds is 0. The molecule has 0 aromatic heterocycles. The lowest BCUT2D eigenvalue weighted by Crippen LogP contribution is -1.96. The average molecular weight is 233 g/mol. The molecule has 78 valence electrons. The first-order valence-corrected chi connectivity index (χ1v) is 5.03. The van der Waals surface area contributed by atoms with Crippen molar-refractivity contribution in [1.29, 1.82) is 0 Å². The summed E-state index contributed by atoms with van der Waals surface area (Å²) in [6, 6.07) is 8.55. The van der Waals surface area contributed by atoms with Gasteiger partial charge in [0.25, 0.3) is 0 Å². The van der Waals surface area contributed by atoms with E-state index in [2.05, 4.69) is 4.74 Å². The molecule has 0 N–H and O–H groups in total. The predicted octanol–water partition coefficient (Wildman–Crippen LogP) is 2.80. The van der Waals surface area contributed by atoms with Gasteiger partial charge in [0.2, 0.25) is 0 Å². The second-order valence-corrected chi connectivity index (χ2v) is 4.00. The van der Waals surface area contributed by atoms with Gasteiger partial charge in [-0.3, -0.25) is 0 Å². The predicted molar refractivity (Wildman–Crippen MR) is 58.7 cm³/mol. The lowest BCUT2D eigenvalue weighted by Gasteiger charge is -1.99. The molecule has 0 saturated carbocycles. The zero-order chi connectivity index (χ0) is 11.3. The van der Waals surface area contributed by atoms with Crippen molar-refractivity contribution >= 4 is 34.3 Å². The number of carbonyl (C=O) groups excluding carboxylic acids is 2. The van der Waals surface area contributed by atoms with Gasteiger partial charge in [-0.15, -0.1) is 0 Å². The molecule has 1 aliphatic heterocycles. The zero-order valence-electron chi connectivity index (χ0n) is 7.99. The Balaban J connectivity index is 2.38. The van der Waals surface area contributed by atoms with E-state index in [1.807, 2.05) is 0 Å². The van der Waals surface area contributed by atoms with Gasteiger partial charge in [0.05, 0.1) is 11.1 Å². The molecule has 0 unspecified atom stereocenters. The van der Waals surface area contributed by atoms with Crippen LogP contribution in [0.3, 0.4) is 0 Å². The van der Waals surface area contributed by atoms with E-state index >= 15 is 0 Å². The highest BCUT2D eigenvalue weighted by Gasteiger charge is 2.29. The Morgan fingerprint density at radius 3 is 2.19 bits per heavy atom. The van der Waals surface area contributed by atoms with Gasteiger partial charge in [-0.2, -0.15) is 0 Å². The van der Waals surface area contributed by atoms with E-state index in [0.29, 0.717) is 16.1 Å². The quantitative estimate of drug-likeness (QED) is 0.518. The van der Waals surface area contributed by atoms with E-state index in [-0.39, 0.29) is 0 Å². The third kappa shape index (κ3) is 1.22. The van der Waals surface area contributed by atoms with E-state index in [0.717, 1.165) is 10.8 Å². The summed E-state index contributed by atoms with van der Waals surface area (Å²) in [6.07, 6.45) is 0. The van der Waals surface area contributed by atoms with E-state index in [1.54, 1.807) is 30.3 Å². The summed E-state index contributed by atoms with van der Waals surface area (Å²) in [5, 5.41) is 2.26. The maximum Gasteiger partial charge on any atom is 0.346 e. The summed E-state index contributed by atoms with van der Waals surface area (Å²) < 4.78 is 4.52. The number of cyclic esters (lactones) is 2. The van der Waals surface area contributed by atoms with Crippen LogP contribution >= 0.6 is 11.6 Å². The number of halogens is 1. The Kier molecular flexibility index (Phi) is 1.79. The Morgan fingerprint density at radius 2 is 1.50 bits per heavy atom. The Hall–Kier alpha value is -1.87. The Labute approximate surface area is 95.6 Å². The zero-order valence-corrected chi connectivity index (χ0v) is 8.75. The smallest absolute Gasteiger partial charge is 0.346 e. The van der Waals surface area contributed by atoms with Crippen molar-refractivity contribution in [2.24, 2.45) is 0 Å². The Bertz CT molecular complexity index is 646. The standard InChI is InChI=1S/C12H5ClO3/c13-8-2-1-6-4-9-10(5-7(6)3-8)12(15)16-11(9)14/h1-5H. The largest absolute Gasteiger partial charge is 0.386 e. The molecule has 3 rings (SSSR count). The van der Waals surface area contributed by atoms with Crippen LogP contribution in [0.15, 0.2) is 30.3 Å². The fourth-order valence-corrected chi connectivity index (χ4v) is 1.98. The van der Waals surface area contributed by atoms with Crippen molar-refractivity contribution < 1.29 is 14.3 Å². The minimum Gasteiger partial charge on any atom is -0.386 e. The molecule has 4 heteroatoms. The average Bonchev–Trinajstić information content (AvgIpc) is 2.52. The van der Waals surface area contributed by atoms with Crippen LogP contribution < -0.4 is 0 Å². The minimum absolute atomic E-state index is 0.305. The van der Waals surface area contributed by atoms with Crippen molar-refractivity contribution in [1.82, 2.24) is 0 Å². The van der Waals surface area contributed by atoms with Crippen LogP contribution in [-0.2, 0) is 4.74 Å². The van der Waals surface area contributed by atoms with Gasteiger partial charge >= 0.3 is 11.9 Å². The van der Waals surface area contributed by atoms with Gasteiger partial charge in [-0.05, 0) is 35.0 Å². The topological polar surface area (TPSA) is 43.4 Å². The number of hydrogen-bond donors (Lipinski definition) is 0. The number of ether oxygens (including phenoxy) is 1. The summed E-state index contributed by atoms with van der Waals surface area (Å²) in [7, 11) is 0. The first kappa shape index (κ1) is 9.36. The third-order valence-electron chi connectivity index (χ3n) is 2.56. The van der Waals surface area contributed by atoms with Crippen molar-refractivity contribution in [3.05, 3.63) is 46.5 Å². The molecule has 2 aromatic rings. The number of carbonyl (C=O) groups is 2. The van der Waals surface area contributed by atoms with Crippen LogP contribution in [0.5, 0.6) is 0 Å². The van der Waals surface area contributed by atoms with Crippen LogP contribution in [0.4, 0.5) is 0 Å². The molecule has 16 heavy (non-hydrogen) atoms. The molecular formula is C12H5ClO3. The van der Waals surface area contributed by atoms with Gasteiger partial charge in [0.15, 0.2) is 0 Å². The number of esters is 2. The number of fused-ring (bicyclic) bond motifs is 2. The monoisotopic (exact) mass is 232 g/mol. The van der Waals surface area contributed by atoms with Gasteiger partial charge in [-0.1, -0.05) is 17.7 Å².